The van der Waals surface area contributed by atoms with Crippen molar-refractivity contribution in [3.63, 3.8) is 0 Å². The van der Waals surface area contributed by atoms with Gasteiger partial charge >= 0.3 is 0 Å². The van der Waals surface area contributed by atoms with Gasteiger partial charge in [-0.25, -0.2) is 8.42 Å². The summed E-state index contributed by atoms with van der Waals surface area (Å²) in [5.74, 6) is -0.417. The fraction of sp³-hybridized carbons (Fsp3) is 0.316. The minimum absolute atomic E-state index is 0.0404. The zero-order valence-electron chi connectivity index (χ0n) is 15.3. The van der Waals surface area contributed by atoms with Crippen molar-refractivity contribution in [2.24, 2.45) is 0 Å². The van der Waals surface area contributed by atoms with E-state index in [-0.39, 0.29) is 21.5 Å². The highest BCUT2D eigenvalue weighted by Crippen LogP contribution is 2.23. The second-order valence-corrected chi connectivity index (χ2v) is 8.83. The van der Waals surface area contributed by atoms with Gasteiger partial charge < -0.3 is 5.32 Å². The van der Waals surface area contributed by atoms with E-state index in [2.05, 4.69) is 5.32 Å². The maximum Gasteiger partial charge on any atom is 0.253 e. The second kappa shape index (κ2) is 8.20. The molecule has 1 amide bonds. The van der Waals surface area contributed by atoms with Crippen LogP contribution >= 0.6 is 11.6 Å². The fourth-order valence-electron chi connectivity index (χ4n) is 2.27. The van der Waals surface area contributed by atoms with E-state index in [4.69, 9.17) is 11.6 Å². The monoisotopic (exact) mass is 394 g/mol. The van der Waals surface area contributed by atoms with Gasteiger partial charge in [-0.05, 0) is 44.5 Å². The Morgan fingerprint density at radius 2 is 1.77 bits per heavy atom. The van der Waals surface area contributed by atoms with Crippen LogP contribution in [0, 0.1) is 6.92 Å². The van der Waals surface area contributed by atoms with Crippen LogP contribution in [0.2, 0.25) is 5.02 Å². The van der Waals surface area contributed by atoms with Crippen LogP contribution in [0.4, 0.5) is 0 Å². The molecule has 1 N–H and O–H groups in total. The molecule has 0 bridgehead atoms. The number of halogens is 1. The lowest BCUT2D eigenvalue weighted by Gasteiger charge is -2.21. The van der Waals surface area contributed by atoms with Gasteiger partial charge in [-0.2, -0.15) is 4.31 Å². The second-order valence-electron chi connectivity index (χ2n) is 6.42. The Labute approximate surface area is 160 Å². The summed E-state index contributed by atoms with van der Waals surface area (Å²) >= 11 is 6.12. The molecule has 2 rings (SSSR count). The molecular weight excluding hydrogens is 372 g/mol. The third-order valence-corrected chi connectivity index (χ3v) is 6.52. The van der Waals surface area contributed by atoms with Gasteiger partial charge in [0.1, 0.15) is 0 Å². The first-order chi connectivity index (χ1) is 12.1. The van der Waals surface area contributed by atoms with E-state index >= 15 is 0 Å². The Hall–Kier alpha value is -1.89. The smallest absolute Gasteiger partial charge is 0.253 e. The average Bonchev–Trinajstić information content (AvgIpc) is 2.60. The molecule has 7 heteroatoms. The Morgan fingerprint density at radius 3 is 2.35 bits per heavy atom. The molecule has 0 aromatic heterocycles. The molecule has 2 aromatic rings. The van der Waals surface area contributed by atoms with Gasteiger partial charge in [0.15, 0.2) is 0 Å². The lowest BCUT2D eigenvalue weighted by Crippen LogP contribution is -2.33. The summed E-state index contributed by atoms with van der Waals surface area (Å²) in [6.07, 6.45) is 0. The molecule has 140 valence electrons. The highest BCUT2D eigenvalue weighted by atomic mass is 35.5. The van der Waals surface area contributed by atoms with Crippen molar-refractivity contribution >= 4 is 27.5 Å². The fourth-order valence-corrected chi connectivity index (χ4v) is 3.86. The Bertz CT molecular complexity index is 894. The zero-order valence-corrected chi connectivity index (χ0v) is 16.9. The van der Waals surface area contributed by atoms with Crippen LogP contribution in [0.5, 0.6) is 0 Å². The lowest BCUT2D eigenvalue weighted by atomic mass is 10.1. The van der Waals surface area contributed by atoms with Crippen LogP contribution in [-0.4, -0.2) is 31.7 Å². The third-order valence-electron chi connectivity index (χ3n) is 4.16. The van der Waals surface area contributed by atoms with Crippen molar-refractivity contribution in [2.45, 2.75) is 38.3 Å². The number of rotatable bonds is 6. The topological polar surface area (TPSA) is 66.5 Å². The number of amides is 1. The maximum atomic E-state index is 12.6. The minimum atomic E-state index is -3.69. The summed E-state index contributed by atoms with van der Waals surface area (Å²) in [6, 6.07) is 11.7. The summed E-state index contributed by atoms with van der Waals surface area (Å²) in [5.41, 5.74) is 2.22. The first-order valence-corrected chi connectivity index (χ1v) is 10.1. The molecule has 0 aliphatic carbocycles. The predicted molar refractivity (Wildman–Crippen MR) is 104 cm³/mol. The van der Waals surface area contributed by atoms with Crippen molar-refractivity contribution in [1.29, 1.82) is 0 Å². The number of carbonyl (C=O) groups is 1. The molecule has 0 spiro atoms. The summed E-state index contributed by atoms with van der Waals surface area (Å²) < 4.78 is 26.5. The average molecular weight is 395 g/mol. The summed E-state index contributed by atoms with van der Waals surface area (Å²) in [4.78, 5) is 12.5. The molecule has 2 aromatic carbocycles. The van der Waals surface area contributed by atoms with Crippen LogP contribution in [0.1, 0.15) is 35.3 Å². The van der Waals surface area contributed by atoms with Crippen molar-refractivity contribution in [1.82, 2.24) is 9.62 Å². The van der Waals surface area contributed by atoms with Gasteiger partial charge in [-0.3, -0.25) is 4.79 Å². The van der Waals surface area contributed by atoms with Gasteiger partial charge in [0.2, 0.25) is 10.0 Å². The maximum absolute atomic E-state index is 12.6. The van der Waals surface area contributed by atoms with Crippen LogP contribution in [0.25, 0.3) is 0 Å². The van der Waals surface area contributed by atoms with Gasteiger partial charge in [0.05, 0.1) is 15.5 Å². The molecule has 26 heavy (non-hydrogen) atoms. The highest BCUT2D eigenvalue weighted by molar-refractivity contribution is 7.89. The summed E-state index contributed by atoms with van der Waals surface area (Å²) in [6.45, 7) is 5.88. The van der Waals surface area contributed by atoms with E-state index in [1.165, 1.54) is 29.6 Å². The molecule has 0 aliphatic rings. The normalized spacial score (nSPS) is 11.8. The molecule has 0 saturated heterocycles. The predicted octanol–water partition coefficient (Wildman–Crippen LogP) is 3.61. The number of nitrogens with zero attached hydrogens (tertiary/aromatic N) is 1. The van der Waals surface area contributed by atoms with Crippen LogP contribution in [0.15, 0.2) is 47.4 Å². The standard InChI is InChI=1S/C19H23ClN2O3S/c1-13(2)22(4)26(24,25)16-9-10-18(20)17(11-16)19(23)21-12-15-7-5-14(3)6-8-15/h5-11,13H,12H2,1-4H3,(H,21,23). The minimum Gasteiger partial charge on any atom is -0.348 e. The molecular formula is C19H23ClN2O3S. The highest BCUT2D eigenvalue weighted by Gasteiger charge is 2.25. The van der Waals surface area contributed by atoms with E-state index < -0.39 is 15.9 Å². The Kier molecular flexibility index (Phi) is 6.44. The lowest BCUT2D eigenvalue weighted by molar-refractivity contribution is 0.0951. The zero-order chi connectivity index (χ0) is 19.5. The first-order valence-electron chi connectivity index (χ1n) is 8.24. The SMILES string of the molecule is Cc1ccc(CNC(=O)c2cc(S(=O)(=O)N(C)C(C)C)ccc2Cl)cc1. The molecule has 0 unspecified atom stereocenters. The molecule has 0 fully saturated rings. The third kappa shape index (κ3) is 4.63. The quantitative estimate of drug-likeness (QED) is 0.813. The number of sulfonamides is 1. The van der Waals surface area contributed by atoms with E-state index in [1.807, 2.05) is 31.2 Å². The van der Waals surface area contributed by atoms with Gasteiger partial charge in [0.25, 0.3) is 5.91 Å². The van der Waals surface area contributed by atoms with Gasteiger partial charge in [-0.15, -0.1) is 0 Å². The van der Waals surface area contributed by atoms with E-state index in [9.17, 15) is 13.2 Å². The van der Waals surface area contributed by atoms with Crippen molar-refractivity contribution in [2.75, 3.05) is 7.05 Å². The van der Waals surface area contributed by atoms with Crippen molar-refractivity contribution in [3.05, 3.63) is 64.2 Å². The molecule has 0 heterocycles. The number of benzene rings is 2. The van der Waals surface area contributed by atoms with Crippen molar-refractivity contribution < 1.29 is 13.2 Å². The van der Waals surface area contributed by atoms with Gasteiger partial charge in [0, 0.05) is 19.6 Å². The Morgan fingerprint density at radius 1 is 1.15 bits per heavy atom. The largest absolute Gasteiger partial charge is 0.348 e. The number of aryl methyl sites for hydroxylation is 1. The number of carbonyl (C=O) groups excluding carboxylic acids is 1. The van der Waals surface area contributed by atoms with Gasteiger partial charge in [-0.1, -0.05) is 41.4 Å². The van der Waals surface area contributed by atoms with Crippen LogP contribution in [0.3, 0.4) is 0 Å². The molecule has 0 aliphatic heterocycles. The number of hydrogen-bond acceptors (Lipinski definition) is 3. The van der Waals surface area contributed by atoms with E-state index in [1.54, 1.807) is 13.8 Å². The molecule has 0 saturated carbocycles. The Balaban J connectivity index is 2.23. The molecule has 0 radical (unpaired) electrons. The summed E-state index contributed by atoms with van der Waals surface area (Å²) in [7, 11) is -2.18. The molecule has 5 nitrogen and oxygen atoms in total. The molecule has 0 atom stereocenters. The number of hydrogen-bond donors (Lipinski definition) is 1. The van der Waals surface area contributed by atoms with Crippen LogP contribution in [-0.2, 0) is 16.6 Å². The van der Waals surface area contributed by atoms with Crippen LogP contribution < -0.4 is 5.32 Å². The first kappa shape index (κ1) is 20.4. The summed E-state index contributed by atoms with van der Waals surface area (Å²) in [5, 5.41) is 2.98. The van der Waals surface area contributed by atoms with E-state index in [0.717, 1.165) is 11.1 Å². The van der Waals surface area contributed by atoms with Crippen molar-refractivity contribution in [3.8, 4) is 0 Å². The number of nitrogens with one attached hydrogen (secondary N) is 1. The van der Waals surface area contributed by atoms with E-state index in [0.29, 0.717) is 6.54 Å².